The Labute approximate surface area is 128 Å². The van der Waals surface area contributed by atoms with Gasteiger partial charge in [0, 0.05) is 51.7 Å². The van der Waals surface area contributed by atoms with Gasteiger partial charge in [-0.15, -0.1) is 0 Å². The molecule has 0 saturated carbocycles. The Hall–Kier alpha value is -0.460. The van der Waals surface area contributed by atoms with E-state index >= 15 is 0 Å². The molecule has 0 aromatic heterocycles. The van der Waals surface area contributed by atoms with E-state index in [1.54, 1.807) is 7.11 Å². The molecule has 0 rings (SSSR count). The smallest absolute Gasteiger partial charge is 0.191 e. The SMILES string of the molecule is CN=C(NCCN(C)CCCOC)NCC(C)(C)SC. The van der Waals surface area contributed by atoms with Gasteiger partial charge in [-0.3, -0.25) is 4.99 Å². The monoisotopic (exact) mass is 304 g/mol. The molecule has 0 fully saturated rings. The Kier molecular flexibility index (Phi) is 11.0. The lowest BCUT2D eigenvalue weighted by molar-refractivity contribution is 0.180. The van der Waals surface area contributed by atoms with Crippen molar-refractivity contribution in [1.82, 2.24) is 15.5 Å². The maximum Gasteiger partial charge on any atom is 0.191 e. The van der Waals surface area contributed by atoms with Crippen molar-refractivity contribution in [2.75, 3.05) is 60.2 Å². The maximum absolute atomic E-state index is 5.05. The molecule has 0 radical (unpaired) electrons. The van der Waals surface area contributed by atoms with Gasteiger partial charge in [0.15, 0.2) is 5.96 Å². The lowest BCUT2D eigenvalue weighted by Gasteiger charge is -2.24. The Morgan fingerprint density at radius 3 is 2.55 bits per heavy atom. The summed E-state index contributed by atoms with van der Waals surface area (Å²) in [4.78, 5) is 6.54. The van der Waals surface area contributed by atoms with Crippen LogP contribution in [-0.4, -0.2) is 75.9 Å². The summed E-state index contributed by atoms with van der Waals surface area (Å²) >= 11 is 1.85. The van der Waals surface area contributed by atoms with Crippen molar-refractivity contribution < 1.29 is 4.74 Å². The number of guanidine groups is 1. The molecule has 0 atom stereocenters. The molecule has 6 heteroatoms. The number of hydrogen-bond acceptors (Lipinski definition) is 4. The molecule has 0 spiro atoms. The standard InChI is InChI=1S/C14H32N4OS/c1-14(2,20-6)12-17-13(15-3)16-8-10-18(4)9-7-11-19-5/h7-12H2,1-6H3,(H2,15,16,17). The molecule has 0 heterocycles. The number of nitrogens with zero attached hydrogens (tertiary/aromatic N) is 2. The molecule has 0 bridgehead atoms. The molecule has 0 unspecified atom stereocenters. The van der Waals surface area contributed by atoms with Crippen LogP contribution in [0.25, 0.3) is 0 Å². The largest absolute Gasteiger partial charge is 0.385 e. The third-order valence-corrected chi connectivity index (χ3v) is 4.38. The first-order valence-electron chi connectivity index (χ1n) is 7.12. The van der Waals surface area contributed by atoms with E-state index in [0.717, 1.165) is 45.2 Å². The van der Waals surface area contributed by atoms with Crippen LogP contribution in [0.3, 0.4) is 0 Å². The van der Waals surface area contributed by atoms with Crippen molar-refractivity contribution in [2.24, 2.45) is 4.99 Å². The zero-order chi connectivity index (χ0) is 15.4. The summed E-state index contributed by atoms with van der Waals surface area (Å²) < 4.78 is 5.27. The molecule has 0 saturated heterocycles. The second-order valence-electron chi connectivity index (χ2n) is 5.47. The zero-order valence-corrected chi connectivity index (χ0v) is 14.8. The Morgan fingerprint density at radius 2 is 2.00 bits per heavy atom. The lowest BCUT2D eigenvalue weighted by Crippen LogP contribution is -2.45. The van der Waals surface area contributed by atoms with Crippen LogP contribution in [0.2, 0.25) is 0 Å². The number of nitrogens with one attached hydrogen (secondary N) is 2. The van der Waals surface area contributed by atoms with E-state index in [0.29, 0.717) is 0 Å². The number of thioether (sulfide) groups is 1. The van der Waals surface area contributed by atoms with Crippen molar-refractivity contribution in [1.29, 1.82) is 0 Å². The van der Waals surface area contributed by atoms with Gasteiger partial charge in [-0.2, -0.15) is 11.8 Å². The summed E-state index contributed by atoms with van der Waals surface area (Å²) in [5, 5.41) is 6.71. The van der Waals surface area contributed by atoms with Gasteiger partial charge in [-0.05, 0) is 33.6 Å². The molecule has 0 aliphatic rings. The number of rotatable bonds is 10. The molecule has 120 valence electrons. The van der Waals surface area contributed by atoms with Crippen LogP contribution in [0.1, 0.15) is 20.3 Å². The van der Waals surface area contributed by atoms with Crippen LogP contribution in [-0.2, 0) is 4.74 Å². The predicted molar refractivity (Wildman–Crippen MR) is 90.9 cm³/mol. The summed E-state index contributed by atoms with van der Waals surface area (Å²) in [7, 11) is 5.68. The van der Waals surface area contributed by atoms with Gasteiger partial charge in [-0.25, -0.2) is 0 Å². The molecule has 5 nitrogen and oxygen atoms in total. The zero-order valence-electron chi connectivity index (χ0n) is 14.0. The van der Waals surface area contributed by atoms with E-state index in [2.05, 4.69) is 47.7 Å². The Balaban J connectivity index is 3.80. The minimum absolute atomic E-state index is 0.217. The number of hydrogen-bond donors (Lipinski definition) is 2. The van der Waals surface area contributed by atoms with Crippen LogP contribution < -0.4 is 10.6 Å². The van der Waals surface area contributed by atoms with Gasteiger partial charge in [0.05, 0.1) is 0 Å². The first-order valence-corrected chi connectivity index (χ1v) is 8.35. The van der Waals surface area contributed by atoms with E-state index < -0.39 is 0 Å². The fraction of sp³-hybridized carbons (Fsp3) is 0.929. The molecule has 0 amide bonds. The topological polar surface area (TPSA) is 48.9 Å². The number of aliphatic imine (C=N–C) groups is 1. The maximum atomic E-state index is 5.05. The van der Waals surface area contributed by atoms with E-state index in [-0.39, 0.29) is 4.75 Å². The average Bonchev–Trinajstić information content (AvgIpc) is 2.43. The molecule has 2 N–H and O–H groups in total. The Bertz CT molecular complexity index is 272. The van der Waals surface area contributed by atoms with Crippen LogP contribution in [0.15, 0.2) is 4.99 Å². The normalized spacial score (nSPS) is 12.8. The highest BCUT2D eigenvalue weighted by molar-refractivity contribution is 7.99. The van der Waals surface area contributed by atoms with Gasteiger partial charge < -0.3 is 20.3 Å². The van der Waals surface area contributed by atoms with Crippen molar-refractivity contribution in [2.45, 2.75) is 25.0 Å². The highest BCUT2D eigenvalue weighted by Crippen LogP contribution is 2.19. The van der Waals surface area contributed by atoms with Crippen molar-refractivity contribution in [3.8, 4) is 0 Å². The minimum Gasteiger partial charge on any atom is -0.385 e. The van der Waals surface area contributed by atoms with Gasteiger partial charge in [0.25, 0.3) is 0 Å². The van der Waals surface area contributed by atoms with E-state index in [4.69, 9.17) is 4.74 Å². The number of ether oxygens (including phenoxy) is 1. The van der Waals surface area contributed by atoms with E-state index in [9.17, 15) is 0 Å². The van der Waals surface area contributed by atoms with E-state index in [1.165, 1.54) is 0 Å². The molecular weight excluding hydrogens is 272 g/mol. The van der Waals surface area contributed by atoms with Crippen LogP contribution in [0.4, 0.5) is 0 Å². The fourth-order valence-electron chi connectivity index (χ4n) is 1.55. The van der Waals surface area contributed by atoms with E-state index in [1.807, 2.05) is 18.8 Å². The van der Waals surface area contributed by atoms with Gasteiger partial charge >= 0.3 is 0 Å². The average molecular weight is 305 g/mol. The molecule has 0 aromatic rings. The number of methoxy groups -OCH3 is 1. The third-order valence-electron chi connectivity index (χ3n) is 3.13. The predicted octanol–water partition coefficient (Wildman–Crippen LogP) is 1.26. The Morgan fingerprint density at radius 1 is 1.30 bits per heavy atom. The summed E-state index contributed by atoms with van der Waals surface area (Å²) in [6, 6.07) is 0. The highest BCUT2D eigenvalue weighted by atomic mass is 32.2. The highest BCUT2D eigenvalue weighted by Gasteiger charge is 2.15. The summed E-state index contributed by atoms with van der Waals surface area (Å²) in [5.74, 6) is 0.873. The second kappa shape index (κ2) is 11.2. The summed E-state index contributed by atoms with van der Waals surface area (Å²) in [6.45, 7) is 9.12. The third kappa shape index (κ3) is 10.3. The van der Waals surface area contributed by atoms with Gasteiger partial charge in [-0.1, -0.05) is 0 Å². The van der Waals surface area contributed by atoms with Crippen molar-refractivity contribution in [3.63, 3.8) is 0 Å². The fourth-order valence-corrected chi connectivity index (χ4v) is 1.76. The molecule has 20 heavy (non-hydrogen) atoms. The van der Waals surface area contributed by atoms with Crippen LogP contribution >= 0.6 is 11.8 Å². The summed E-state index contributed by atoms with van der Waals surface area (Å²) in [6.07, 6.45) is 3.20. The molecular formula is C14H32N4OS. The first-order chi connectivity index (χ1) is 9.45. The van der Waals surface area contributed by atoms with Crippen LogP contribution in [0, 0.1) is 0 Å². The molecule has 0 aliphatic heterocycles. The first kappa shape index (κ1) is 19.5. The molecule has 0 aromatic carbocycles. The quantitative estimate of drug-likeness (QED) is 0.361. The van der Waals surface area contributed by atoms with Crippen molar-refractivity contribution >= 4 is 17.7 Å². The lowest BCUT2D eigenvalue weighted by atomic mass is 10.2. The second-order valence-corrected chi connectivity index (χ2v) is 6.98. The number of likely N-dealkylation sites (N-methyl/N-ethyl adjacent to an activating group) is 1. The summed E-state index contributed by atoms with van der Waals surface area (Å²) in [5.41, 5.74) is 0. The van der Waals surface area contributed by atoms with Gasteiger partial charge in [0.1, 0.15) is 0 Å². The van der Waals surface area contributed by atoms with Crippen molar-refractivity contribution in [3.05, 3.63) is 0 Å². The molecule has 0 aliphatic carbocycles. The minimum atomic E-state index is 0.217. The van der Waals surface area contributed by atoms with Gasteiger partial charge in [0.2, 0.25) is 0 Å². The van der Waals surface area contributed by atoms with Crippen LogP contribution in [0.5, 0.6) is 0 Å².